The van der Waals surface area contributed by atoms with Crippen LogP contribution in [0.2, 0.25) is 0 Å². The zero-order valence-corrected chi connectivity index (χ0v) is 12.9. The van der Waals surface area contributed by atoms with Crippen molar-refractivity contribution in [2.24, 2.45) is 0 Å². The minimum atomic E-state index is -0.331. The average Bonchev–Trinajstić information content (AvgIpc) is 2.49. The Morgan fingerprint density at radius 1 is 1.10 bits per heavy atom. The standard InChI is InChI=1S/C15H14BrN3O2/c1-18-14(20)9-3-2-4-11(7-9)19-15(21)12-8-10(16)5-6-13(12)17/h2-8H,17H2,1H3,(H,18,20)(H,19,21). The van der Waals surface area contributed by atoms with Crippen molar-refractivity contribution in [2.75, 3.05) is 18.1 Å². The maximum atomic E-state index is 12.2. The smallest absolute Gasteiger partial charge is 0.257 e. The molecule has 0 aliphatic carbocycles. The monoisotopic (exact) mass is 347 g/mol. The van der Waals surface area contributed by atoms with Gasteiger partial charge in [0, 0.05) is 28.5 Å². The van der Waals surface area contributed by atoms with Gasteiger partial charge in [0.05, 0.1) is 5.56 Å². The normalized spacial score (nSPS) is 10.0. The second kappa shape index (κ2) is 6.41. The molecule has 6 heteroatoms. The van der Waals surface area contributed by atoms with Gasteiger partial charge in [0.2, 0.25) is 0 Å². The molecular weight excluding hydrogens is 334 g/mol. The van der Waals surface area contributed by atoms with Crippen LogP contribution in [0.25, 0.3) is 0 Å². The van der Waals surface area contributed by atoms with E-state index >= 15 is 0 Å². The van der Waals surface area contributed by atoms with E-state index in [0.717, 1.165) is 4.47 Å². The molecule has 2 aromatic carbocycles. The quantitative estimate of drug-likeness (QED) is 0.746. The van der Waals surface area contributed by atoms with Gasteiger partial charge in [-0.3, -0.25) is 9.59 Å². The molecule has 0 saturated carbocycles. The second-order valence-electron chi connectivity index (χ2n) is 4.35. The molecule has 0 atom stereocenters. The van der Waals surface area contributed by atoms with Crippen LogP contribution in [0.15, 0.2) is 46.9 Å². The molecule has 108 valence electrons. The summed E-state index contributed by atoms with van der Waals surface area (Å²) in [6.45, 7) is 0. The van der Waals surface area contributed by atoms with Crippen LogP contribution in [0.4, 0.5) is 11.4 Å². The van der Waals surface area contributed by atoms with Crippen LogP contribution in [-0.4, -0.2) is 18.9 Å². The molecule has 0 unspecified atom stereocenters. The van der Waals surface area contributed by atoms with Gasteiger partial charge in [-0.2, -0.15) is 0 Å². The van der Waals surface area contributed by atoms with E-state index in [0.29, 0.717) is 22.5 Å². The molecular formula is C15H14BrN3O2. The van der Waals surface area contributed by atoms with E-state index in [1.54, 1.807) is 49.5 Å². The van der Waals surface area contributed by atoms with Gasteiger partial charge in [0.1, 0.15) is 0 Å². The largest absolute Gasteiger partial charge is 0.398 e. The van der Waals surface area contributed by atoms with Gasteiger partial charge in [-0.25, -0.2) is 0 Å². The highest BCUT2D eigenvalue weighted by Crippen LogP contribution is 2.20. The lowest BCUT2D eigenvalue weighted by molar-refractivity contribution is 0.0961. The summed E-state index contributed by atoms with van der Waals surface area (Å²) in [6, 6.07) is 11.7. The molecule has 0 radical (unpaired) electrons. The molecule has 2 aromatic rings. The third-order valence-corrected chi connectivity index (χ3v) is 3.36. The van der Waals surface area contributed by atoms with Crippen LogP contribution in [-0.2, 0) is 0 Å². The molecule has 0 saturated heterocycles. The Bertz CT molecular complexity index is 701. The number of rotatable bonds is 3. The summed E-state index contributed by atoms with van der Waals surface area (Å²) < 4.78 is 0.765. The number of hydrogen-bond donors (Lipinski definition) is 3. The fraction of sp³-hybridized carbons (Fsp3) is 0.0667. The van der Waals surface area contributed by atoms with Crippen LogP contribution in [0, 0.1) is 0 Å². The highest BCUT2D eigenvalue weighted by atomic mass is 79.9. The minimum Gasteiger partial charge on any atom is -0.398 e. The van der Waals surface area contributed by atoms with Gasteiger partial charge in [-0.15, -0.1) is 0 Å². The Balaban J connectivity index is 2.23. The van der Waals surface area contributed by atoms with Gasteiger partial charge in [-0.05, 0) is 36.4 Å². The molecule has 0 fully saturated rings. The summed E-state index contributed by atoms with van der Waals surface area (Å²) in [5.41, 5.74) is 7.55. The van der Waals surface area contributed by atoms with Crippen molar-refractivity contribution in [2.45, 2.75) is 0 Å². The van der Waals surface area contributed by atoms with E-state index in [4.69, 9.17) is 5.73 Å². The van der Waals surface area contributed by atoms with Crippen LogP contribution < -0.4 is 16.4 Å². The third kappa shape index (κ3) is 3.61. The number of carbonyl (C=O) groups excluding carboxylic acids is 2. The maximum absolute atomic E-state index is 12.2. The SMILES string of the molecule is CNC(=O)c1cccc(NC(=O)c2cc(Br)ccc2N)c1. The molecule has 0 bridgehead atoms. The van der Waals surface area contributed by atoms with Crippen molar-refractivity contribution < 1.29 is 9.59 Å². The molecule has 0 aromatic heterocycles. The van der Waals surface area contributed by atoms with Crippen LogP contribution in [0.1, 0.15) is 20.7 Å². The van der Waals surface area contributed by atoms with E-state index in [-0.39, 0.29) is 11.8 Å². The van der Waals surface area contributed by atoms with E-state index in [1.165, 1.54) is 0 Å². The van der Waals surface area contributed by atoms with Gasteiger partial charge >= 0.3 is 0 Å². The predicted octanol–water partition coefficient (Wildman–Crippen LogP) is 2.64. The van der Waals surface area contributed by atoms with Crippen molar-refractivity contribution >= 4 is 39.1 Å². The van der Waals surface area contributed by atoms with Gasteiger partial charge in [-0.1, -0.05) is 22.0 Å². The molecule has 2 rings (SSSR count). The summed E-state index contributed by atoms with van der Waals surface area (Å²) >= 11 is 3.30. The fourth-order valence-electron chi connectivity index (χ4n) is 1.81. The zero-order valence-electron chi connectivity index (χ0n) is 11.3. The van der Waals surface area contributed by atoms with Crippen molar-refractivity contribution in [1.82, 2.24) is 5.32 Å². The van der Waals surface area contributed by atoms with E-state index in [9.17, 15) is 9.59 Å². The molecule has 2 amide bonds. The van der Waals surface area contributed by atoms with Crippen molar-refractivity contribution in [3.63, 3.8) is 0 Å². The van der Waals surface area contributed by atoms with Crippen LogP contribution >= 0.6 is 15.9 Å². The highest BCUT2D eigenvalue weighted by molar-refractivity contribution is 9.10. The molecule has 0 heterocycles. The number of benzene rings is 2. The minimum absolute atomic E-state index is 0.215. The molecule has 5 nitrogen and oxygen atoms in total. The van der Waals surface area contributed by atoms with Crippen molar-refractivity contribution in [3.8, 4) is 0 Å². The summed E-state index contributed by atoms with van der Waals surface area (Å²) in [7, 11) is 1.55. The Morgan fingerprint density at radius 3 is 2.57 bits per heavy atom. The molecule has 4 N–H and O–H groups in total. The molecule has 21 heavy (non-hydrogen) atoms. The van der Waals surface area contributed by atoms with Gasteiger partial charge in [0.25, 0.3) is 11.8 Å². The van der Waals surface area contributed by atoms with Crippen LogP contribution in [0.5, 0.6) is 0 Å². The summed E-state index contributed by atoms with van der Waals surface area (Å²) in [5, 5.41) is 5.26. The number of hydrogen-bond acceptors (Lipinski definition) is 3. The fourth-order valence-corrected chi connectivity index (χ4v) is 2.17. The maximum Gasteiger partial charge on any atom is 0.257 e. The summed E-state index contributed by atoms with van der Waals surface area (Å²) in [4.78, 5) is 23.8. The first kappa shape index (κ1) is 15.1. The topological polar surface area (TPSA) is 84.2 Å². The number of nitrogens with two attached hydrogens (primary N) is 1. The summed E-state index contributed by atoms with van der Waals surface area (Å²) in [5.74, 6) is -0.545. The molecule has 0 aliphatic rings. The number of anilines is 2. The van der Waals surface area contributed by atoms with E-state index < -0.39 is 0 Å². The molecule has 0 spiro atoms. The number of nitrogens with one attached hydrogen (secondary N) is 2. The highest BCUT2D eigenvalue weighted by Gasteiger charge is 2.11. The Morgan fingerprint density at radius 2 is 1.86 bits per heavy atom. The summed E-state index contributed by atoms with van der Waals surface area (Å²) in [6.07, 6.45) is 0. The van der Waals surface area contributed by atoms with E-state index in [2.05, 4.69) is 26.6 Å². The number of halogens is 1. The lowest BCUT2D eigenvalue weighted by atomic mass is 10.1. The average molecular weight is 348 g/mol. The van der Waals surface area contributed by atoms with Crippen LogP contribution in [0.3, 0.4) is 0 Å². The lowest BCUT2D eigenvalue weighted by Crippen LogP contribution is -2.18. The first-order valence-electron chi connectivity index (χ1n) is 6.20. The Kier molecular flexibility index (Phi) is 4.59. The molecule has 0 aliphatic heterocycles. The third-order valence-electron chi connectivity index (χ3n) is 2.87. The number of amides is 2. The zero-order chi connectivity index (χ0) is 15.4. The Hall–Kier alpha value is -2.34. The van der Waals surface area contributed by atoms with Gasteiger partial charge < -0.3 is 16.4 Å². The van der Waals surface area contributed by atoms with Crippen molar-refractivity contribution in [3.05, 3.63) is 58.1 Å². The number of carbonyl (C=O) groups is 2. The van der Waals surface area contributed by atoms with Gasteiger partial charge in [0.15, 0.2) is 0 Å². The lowest BCUT2D eigenvalue weighted by Gasteiger charge is -2.09. The first-order chi connectivity index (χ1) is 10.0. The first-order valence-corrected chi connectivity index (χ1v) is 6.99. The van der Waals surface area contributed by atoms with Crippen molar-refractivity contribution in [1.29, 1.82) is 0 Å². The Labute approximate surface area is 130 Å². The predicted molar refractivity (Wildman–Crippen MR) is 86.3 cm³/mol. The second-order valence-corrected chi connectivity index (χ2v) is 5.26. The number of nitrogen functional groups attached to an aromatic ring is 1. The van der Waals surface area contributed by atoms with E-state index in [1.807, 2.05) is 0 Å².